The highest BCUT2D eigenvalue weighted by atomic mass is 19.4. The van der Waals surface area contributed by atoms with E-state index in [-0.39, 0.29) is 30.0 Å². The average molecular weight is 417 g/mol. The van der Waals surface area contributed by atoms with E-state index in [1.165, 1.54) is 24.1 Å². The molecule has 1 aliphatic rings. The van der Waals surface area contributed by atoms with Gasteiger partial charge in [0.15, 0.2) is 0 Å². The number of amides is 1. The zero-order valence-electron chi connectivity index (χ0n) is 16.9. The number of alkyl halides is 3. The number of methoxy groups -OCH3 is 1. The molecule has 0 aromatic heterocycles. The molecule has 158 valence electrons. The number of hydrogen-bond donors (Lipinski definition) is 0. The first-order valence-corrected chi connectivity index (χ1v) is 9.44. The van der Waals surface area contributed by atoms with Crippen LogP contribution in [-0.4, -0.2) is 23.9 Å². The monoisotopic (exact) mass is 417 g/mol. The van der Waals surface area contributed by atoms with Gasteiger partial charge >= 0.3 is 12.1 Å². The lowest BCUT2D eigenvalue weighted by Crippen LogP contribution is -2.38. The molecule has 2 aromatic rings. The Morgan fingerprint density at radius 1 is 1.13 bits per heavy atom. The minimum atomic E-state index is -4.52. The van der Waals surface area contributed by atoms with Gasteiger partial charge in [-0.15, -0.1) is 0 Å². The molecule has 2 aromatic carbocycles. The Morgan fingerprint density at radius 2 is 1.83 bits per heavy atom. The smallest absolute Gasteiger partial charge is 0.416 e. The minimum Gasteiger partial charge on any atom is -0.466 e. The molecule has 1 atom stereocenters. The van der Waals surface area contributed by atoms with Crippen LogP contribution in [0.3, 0.4) is 0 Å². The van der Waals surface area contributed by atoms with Crippen molar-refractivity contribution in [3.05, 3.63) is 82.1 Å². The Labute approximate surface area is 173 Å². The van der Waals surface area contributed by atoms with Crippen LogP contribution in [0.1, 0.15) is 41.5 Å². The molecule has 0 fully saturated rings. The summed E-state index contributed by atoms with van der Waals surface area (Å²) >= 11 is 0. The zero-order valence-corrected chi connectivity index (χ0v) is 16.9. The fraction of sp³-hybridized carbons (Fsp3) is 0.304. The number of carbonyl (C=O) groups is 2. The predicted octanol–water partition coefficient (Wildman–Crippen LogP) is 4.98. The first kappa shape index (κ1) is 21.6. The van der Waals surface area contributed by atoms with E-state index >= 15 is 0 Å². The fourth-order valence-corrected chi connectivity index (χ4v) is 3.79. The summed E-state index contributed by atoms with van der Waals surface area (Å²) in [5.74, 6) is -1.72. The molecule has 0 spiro atoms. The van der Waals surface area contributed by atoms with Crippen LogP contribution in [0, 0.1) is 6.92 Å². The van der Waals surface area contributed by atoms with Crippen molar-refractivity contribution in [1.29, 1.82) is 0 Å². The van der Waals surface area contributed by atoms with Crippen LogP contribution in [0.2, 0.25) is 0 Å². The summed E-state index contributed by atoms with van der Waals surface area (Å²) in [6.45, 7) is 3.83. The Bertz CT molecular complexity index is 1010. The van der Waals surface area contributed by atoms with Gasteiger partial charge < -0.3 is 9.64 Å². The van der Waals surface area contributed by atoms with Crippen LogP contribution >= 0.6 is 0 Å². The van der Waals surface area contributed by atoms with Crippen molar-refractivity contribution in [2.45, 2.75) is 38.9 Å². The van der Waals surface area contributed by atoms with Gasteiger partial charge in [-0.05, 0) is 31.0 Å². The minimum absolute atomic E-state index is 0.116. The summed E-state index contributed by atoms with van der Waals surface area (Å²) in [6, 6.07) is 12.4. The molecule has 0 saturated heterocycles. The number of hydrogen-bond acceptors (Lipinski definition) is 3. The Kier molecular flexibility index (Phi) is 6.01. The van der Waals surface area contributed by atoms with Gasteiger partial charge in [0.2, 0.25) is 5.91 Å². The van der Waals surface area contributed by atoms with Crippen molar-refractivity contribution in [1.82, 2.24) is 4.90 Å². The van der Waals surface area contributed by atoms with Crippen LogP contribution in [-0.2, 0) is 27.0 Å². The number of benzene rings is 2. The highest BCUT2D eigenvalue weighted by Gasteiger charge is 2.38. The van der Waals surface area contributed by atoms with Crippen LogP contribution < -0.4 is 0 Å². The molecule has 1 amide bonds. The molecule has 30 heavy (non-hydrogen) atoms. The molecular formula is C23H22F3NO3. The lowest BCUT2D eigenvalue weighted by molar-refractivity contribution is -0.138. The summed E-state index contributed by atoms with van der Waals surface area (Å²) in [5.41, 5.74) is 1.95. The van der Waals surface area contributed by atoms with Crippen LogP contribution in [0.15, 0.2) is 59.8 Å². The molecule has 1 heterocycles. The second-order valence-electron chi connectivity index (χ2n) is 7.34. The molecule has 0 bridgehead atoms. The third-order valence-corrected chi connectivity index (χ3v) is 5.27. The summed E-state index contributed by atoms with van der Waals surface area (Å²) < 4.78 is 44.4. The lowest BCUT2D eigenvalue weighted by atomic mass is 9.83. The summed E-state index contributed by atoms with van der Waals surface area (Å²) in [6.07, 6.45) is -4.63. The van der Waals surface area contributed by atoms with Crippen molar-refractivity contribution in [3.63, 3.8) is 0 Å². The maximum atomic E-state index is 13.2. The fourth-order valence-electron chi connectivity index (χ4n) is 3.79. The number of allylic oxidation sites excluding steroid dienone is 1. The third kappa shape index (κ3) is 4.40. The zero-order chi connectivity index (χ0) is 22.1. The third-order valence-electron chi connectivity index (χ3n) is 5.27. The second-order valence-corrected chi connectivity index (χ2v) is 7.34. The van der Waals surface area contributed by atoms with Gasteiger partial charge in [0.05, 0.1) is 24.8 Å². The van der Waals surface area contributed by atoms with E-state index in [0.29, 0.717) is 5.70 Å². The van der Waals surface area contributed by atoms with E-state index in [1.807, 2.05) is 31.2 Å². The summed E-state index contributed by atoms with van der Waals surface area (Å²) in [7, 11) is 1.22. The molecule has 0 radical (unpaired) electrons. The van der Waals surface area contributed by atoms with Gasteiger partial charge in [0, 0.05) is 18.0 Å². The van der Waals surface area contributed by atoms with E-state index in [2.05, 4.69) is 0 Å². The predicted molar refractivity (Wildman–Crippen MR) is 105 cm³/mol. The normalized spacial score (nSPS) is 17.3. The Morgan fingerprint density at radius 3 is 2.47 bits per heavy atom. The van der Waals surface area contributed by atoms with E-state index in [9.17, 15) is 22.8 Å². The lowest BCUT2D eigenvalue weighted by Gasteiger charge is -2.34. The molecule has 7 heteroatoms. The first-order chi connectivity index (χ1) is 14.1. The number of aryl methyl sites for hydroxylation is 1. The maximum absolute atomic E-state index is 13.2. The van der Waals surface area contributed by atoms with Crippen molar-refractivity contribution < 1.29 is 27.5 Å². The van der Waals surface area contributed by atoms with Crippen molar-refractivity contribution in [3.8, 4) is 0 Å². The molecule has 0 aliphatic carbocycles. The van der Waals surface area contributed by atoms with Crippen molar-refractivity contribution >= 4 is 11.9 Å². The van der Waals surface area contributed by atoms with Crippen molar-refractivity contribution in [2.75, 3.05) is 7.11 Å². The average Bonchev–Trinajstić information content (AvgIpc) is 2.69. The molecule has 0 unspecified atom stereocenters. The molecule has 1 aliphatic heterocycles. The number of rotatable bonds is 4. The van der Waals surface area contributed by atoms with E-state index < -0.39 is 23.6 Å². The second kappa shape index (κ2) is 8.34. The van der Waals surface area contributed by atoms with E-state index in [4.69, 9.17) is 4.74 Å². The topological polar surface area (TPSA) is 46.6 Å². The van der Waals surface area contributed by atoms with Crippen LogP contribution in [0.5, 0.6) is 0 Å². The van der Waals surface area contributed by atoms with Gasteiger partial charge in [0.1, 0.15) is 0 Å². The number of ether oxygens (including phenoxy) is 1. The van der Waals surface area contributed by atoms with Gasteiger partial charge in [-0.1, -0.05) is 48.0 Å². The Hall–Kier alpha value is -3.09. The molecule has 3 rings (SSSR count). The highest BCUT2D eigenvalue weighted by molar-refractivity contribution is 5.95. The van der Waals surface area contributed by atoms with Gasteiger partial charge in [-0.2, -0.15) is 13.2 Å². The molecule has 4 nitrogen and oxygen atoms in total. The SMILES string of the molecule is COC(=O)C1=C(C)N(Cc2cccc(C)c2)C(=O)C[C@H]1c1cccc(C(F)(F)F)c1. The maximum Gasteiger partial charge on any atom is 0.416 e. The van der Waals surface area contributed by atoms with Crippen LogP contribution in [0.4, 0.5) is 13.2 Å². The largest absolute Gasteiger partial charge is 0.466 e. The summed E-state index contributed by atoms with van der Waals surface area (Å²) in [4.78, 5) is 27.0. The number of nitrogens with zero attached hydrogens (tertiary/aromatic N) is 1. The van der Waals surface area contributed by atoms with Gasteiger partial charge in [0.25, 0.3) is 0 Å². The molecule has 0 saturated carbocycles. The van der Waals surface area contributed by atoms with Crippen molar-refractivity contribution in [2.24, 2.45) is 0 Å². The van der Waals surface area contributed by atoms with Gasteiger partial charge in [-0.25, -0.2) is 4.79 Å². The molecular weight excluding hydrogens is 395 g/mol. The quantitative estimate of drug-likeness (QED) is 0.660. The van der Waals surface area contributed by atoms with Gasteiger partial charge in [-0.3, -0.25) is 4.79 Å². The number of carbonyl (C=O) groups excluding carboxylic acids is 2. The molecule has 0 N–H and O–H groups in total. The van der Waals surface area contributed by atoms with E-state index in [1.54, 1.807) is 6.92 Å². The van der Waals surface area contributed by atoms with E-state index in [0.717, 1.165) is 23.3 Å². The standard InChI is InChI=1S/C23H22F3NO3/c1-14-6-4-7-16(10-14)13-27-15(2)21(22(29)30-3)19(12-20(27)28)17-8-5-9-18(11-17)23(24,25)26/h4-11,19H,12-13H2,1-3H3/t19-/m0/s1. The highest BCUT2D eigenvalue weighted by Crippen LogP contribution is 2.39. The summed E-state index contributed by atoms with van der Waals surface area (Å²) in [5, 5.41) is 0. The Balaban J connectivity index is 2.05. The number of esters is 1. The number of halogens is 3. The van der Waals surface area contributed by atoms with Crippen LogP contribution in [0.25, 0.3) is 0 Å². The first-order valence-electron chi connectivity index (χ1n) is 9.44.